The van der Waals surface area contributed by atoms with Crippen LogP contribution in [-0.2, 0) is 28.7 Å². The summed E-state index contributed by atoms with van der Waals surface area (Å²) in [6.45, 7) is 17.6. The molecule has 2 amide bonds. The number of aliphatic hydroxyl groups is 1. The number of Topliss-reactive ketones (excluding diaryl/α,β-unsaturated/α-hetero) is 2. The standard InChI is InChI=1S/C58H74N6O7/c1-10-38-33(3)43-30-45-35(5)40(53(63-45)42-29-49(65)52-37(7)46(64-54(42)52)32-48-39(11-2)34(4)44(62-48)31-47(38)61-43)25-26-51(67)60-28-22-18-17-21-27-59-50(66)24-20-16-14-12-13-15-19-23-41-36(6)55(68)57(70-8)58(71-9)56(41)69/h10,30-32,35,40,63,65H,1,11-29H2,2-9H3,(H,59,66)(H,60,67)/t35-,40-/m0/s1. The molecule has 0 radical (unpaired) electrons. The molecule has 0 unspecified atom stereocenters. The van der Waals surface area contributed by atoms with Crippen LogP contribution in [0.2, 0.25) is 0 Å². The van der Waals surface area contributed by atoms with Crippen LogP contribution in [0.1, 0.15) is 151 Å². The summed E-state index contributed by atoms with van der Waals surface area (Å²) in [7, 11) is 2.75. The van der Waals surface area contributed by atoms with Crippen LogP contribution < -0.4 is 16.0 Å². The maximum Gasteiger partial charge on any atom is 0.228 e. The van der Waals surface area contributed by atoms with Gasteiger partial charge in [-0.3, -0.25) is 19.2 Å². The van der Waals surface area contributed by atoms with Crippen molar-refractivity contribution in [3.8, 4) is 0 Å². The molecule has 0 saturated carbocycles. The smallest absolute Gasteiger partial charge is 0.228 e. The molecule has 2 aliphatic carbocycles. The minimum absolute atomic E-state index is 0.000744. The van der Waals surface area contributed by atoms with Gasteiger partial charge in [0.2, 0.25) is 34.9 Å². The largest absolute Gasteiger partial charge is 0.511 e. The Kier molecular flexibility index (Phi) is 17.5. The van der Waals surface area contributed by atoms with Gasteiger partial charge in [0.05, 0.1) is 48.4 Å². The Morgan fingerprint density at radius 2 is 1.35 bits per heavy atom. The molecule has 4 N–H and O–H groups in total. The van der Waals surface area contributed by atoms with Gasteiger partial charge in [-0.05, 0) is 113 Å². The number of unbranched alkanes of at least 4 members (excludes halogenated alkanes) is 9. The van der Waals surface area contributed by atoms with Crippen molar-refractivity contribution in [2.75, 3.05) is 27.3 Å². The first-order valence-corrected chi connectivity index (χ1v) is 26.0. The highest BCUT2D eigenvalue weighted by Crippen LogP contribution is 2.46. The van der Waals surface area contributed by atoms with Crippen molar-refractivity contribution in [2.45, 2.75) is 151 Å². The topological polar surface area (TPSA) is 180 Å². The summed E-state index contributed by atoms with van der Waals surface area (Å²) < 4.78 is 10.3. The number of nitrogens with zero attached hydrogens (tertiary/aromatic N) is 3. The maximum absolute atomic E-state index is 13.3. The van der Waals surface area contributed by atoms with Gasteiger partial charge in [-0.2, -0.15) is 0 Å². The van der Waals surface area contributed by atoms with Crippen LogP contribution in [0, 0.1) is 11.8 Å². The number of hydrogen-bond donors (Lipinski definition) is 4. The van der Waals surface area contributed by atoms with Crippen molar-refractivity contribution < 1.29 is 33.8 Å². The van der Waals surface area contributed by atoms with Crippen molar-refractivity contribution in [1.29, 1.82) is 0 Å². The zero-order valence-electron chi connectivity index (χ0n) is 43.3. The van der Waals surface area contributed by atoms with Gasteiger partial charge in [-0.1, -0.05) is 71.4 Å². The molecular formula is C58H74N6O7. The zero-order chi connectivity index (χ0) is 50.9. The molecule has 2 atom stereocenters. The quantitative estimate of drug-likeness (QED) is 0.0545. The molecule has 5 aliphatic heterocycles. The van der Waals surface area contributed by atoms with E-state index in [-0.39, 0.29) is 46.7 Å². The lowest BCUT2D eigenvalue weighted by Crippen LogP contribution is -2.26. The summed E-state index contributed by atoms with van der Waals surface area (Å²) in [5.41, 5.74) is 15.1. The van der Waals surface area contributed by atoms with E-state index >= 15 is 0 Å². The van der Waals surface area contributed by atoms with Gasteiger partial charge in [0, 0.05) is 83.4 Å². The normalized spacial score (nSPS) is 20.7. The Labute approximate surface area is 420 Å². The molecular weight excluding hydrogens is 893 g/mol. The lowest BCUT2D eigenvalue weighted by atomic mass is 9.86. The van der Waals surface area contributed by atoms with Gasteiger partial charge in [0.25, 0.3) is 0 Å². The molecule has 13 heteroatoms. The first-order chi connectivity index (χ1) is 34.2. The van der Waals surface area contributed by atoms with Crippen LogP contribution in [0.3, 0.4) is 0 Å². The second kappa shape index (κ2) is 23.7. The Hall–Kier alpha value is -6.37. The van der Waals surface area contributed by atoms with E-state index in [0.29, 0.717) is 62.1 Å². The van der Waals surface area contributed by atoms with Crippen molar-refractivity contribution in [1.82, 2.24) is 16.0 Å². The third kappa shape index (κ3) is 11.4. The van der Waals surface area contributed by atoms with E-state index in [0.717, 1.165) is 156 Å². The fourth-order valence-electron chi connectivity index (χ4n) is 10.9. The van der Waals surface area contributed by atoms with Crippen molar-refractivity contribution in [3.63, 3.8) is 0 Å². The van der Waals surface area contributed by atoms with E-state index in [1.807, 2.05) is 13.0 Å². The monoisotopic (exact) mass is 967 g/mol. The van der Waals surface area contributed by atoms with E-state index < -0.39 is 0 Å². The van der Waals surface area contributed by atoms with Gasteiger partial charge < -0.3 is 30.5 Å². The first kappa shape index (κ1) is 52.5. The van der Waals surface area contributed by atoms with Crippen LogP contribution in [0.15, 0.2) is 142 Å². The minimum atomic E-state index is -0.288. The summed E-state index contributed by atoms with van der Waals surface area (Å²) in [5.74, 6) is -0.0884. The lowest BCUT2D eigenvalue weighted by molar-refractivity contribution is -0.122. The van der Waals surface area contributed by atoms with Crippen molar-refractivity contribution in [2.24, 2.45) is 26.8 Å². The Bertz CT molecular complexity index is 2680. The summed E-state index contributed by atoms with van der Waals surface area (Å²) in [6, 6.07) is 0. The molecule has 71 heavy (non-hydrogen) atoms. The molecule has 0 aromatic heterocycles. The van der Waals surface area contributed by atoms with Gasteiger partial charge in [-0.15, -0.1) is 0 Å². The number of carbonyl (C=O) groups is 4. The summed E-state index contributed by atoms with van der Waals surface area (Å²) >= 11 is 0. The Morgan fingerprint density at radius 3 is 2.01 bits per heavy atom. The van der Waals surface area contributed by atoms with Crippen molar-refractivity contribution >= 4 is 40.5 Å². The number of nitrogens with one attached hydrogen (secondary N) is 3. The van der Waals surface area contributed by atoms with Crippen molar-refractivity contribution in [3.05, 3.63) is 127 Å². The minimum Gasteiger partial charge on any atom is -0.511 e. The average molecular weight is 967 g/mol. The number of ketones is 2. The second-order valence-corrected chi connectivity index (χ2v) is 19.7. The molecule has 8 bridgehead atoms. The summed E-state index contributed by atoms with van der Waals surface area (Å²) in [6.07, 6.45) is 21.9. The molecule has 0 spiro atoms. The van der Waals surface area contributed by atoms with Gasteiger partial charge in [0.1, 0.15) is 5.76 Å². The predicted octanol–water partition coefficient (Wildman–Crippen LogP) is 10.9. The molecule has 1 fully saturated rings. The summed E-state index contributed by atoms with van der Waals surface area (Å²) in [4.78, 5) is 66.6. The van der Waals surface area contributed by atoms with Gasteiger partial charge >= 0.3 is 0 Å². The van der Waals surface area contributed by atoms with Crippen LogP contribution in [0.5, 0.6) is 0 Å². The fourth-order valence-corrected chi connectivity index (χ4v) is 10.9. The molecule has 7 rings (SSSR count). The molecule has 1 saturated heterocycles. The number of allylic oxidation sites excluding steroid dienone is 14. The van der Waals surface area contributed by atoms with Gasteiger partial charge in [-0.25, -0.2) is 15.0 Å². The molecule has 5 heterocycles. The molecule has 13 nitrogen and oxygen atoms in total. The van der Waals surface area contributed by atoms with Crippen LogP contribution in [-0.4, -0.2) is 72.9 Å². The van der Waals surface area contributed by atoms with E-state index in [1.54, 1.807) is 6.92 Å². The molecule has 378 valence electrons. The first-order valence-electron chi connectivity index (χ1n) is 26.0. The van der Waals surface area contributed by atoms with Crippen LogP contribution in [0.4, 0.5) is 0 Å². The lowest BCUT2D eigenvalue weighted by Gasteiger charge is -2.20. The predicted molar refractivity (Wildman–Crippen MR) is 281 cm³/mol. The number of amides is 2. The third-order valence-electron chi connectivity index (χ3n) is 15.2. The number of methoxy groups -OCH3 is 2. The highest BCUT2D eigenvalue weighted by Gasteiger charge is 2.41. The highest BCUT2D eigenvalue weighted by molar-refractivity contribution is 6.23. The van der Waals surface area contributed by atoms with E-state index in [4.69, 9.17) is 24.5 Å². The third-order valence-corrected chi connectivity index (χ3v) is 15.2. The number of fused-ring (bicyclic) bond motifs is 5. The zero-order valence-corrected chi connectivity index (χ0v) is 43.3. The number of ether oxygens (including phenoxy) is 2. The molecule has 0 aromatic carbocycles. The van der Waals surface area contributed by atoms with Crippen LogP contribution in [0.25, 0.3) is 0 Å². The molecule has 0 aromatic rings. The number of aliphatic hydroxyl groups excluding tert-OH is 1. The van der Waals surface area contributed by atoms with Gasteiger partial charge in [0.15, 0.2) is 0 Å². The van der Waals surface area contributed by atoms with E-state index in [2.05, 4.69) is 68.5 Å². The number of aliphatic imine (C=N–C) groups is 3. The number of rotatable bonds is 24. The Morgan fingerprint density at radius 1 is 0.746 bits per heavy atom. The highest BCUT2D eigenvalue weighted by atomic mass is 16.5. The fraction of sp³-hybridized carbons (Fsp3) is 0.500. The second-order valence-electron chi connectivity index (χ2n) is 19.7. The maximum atomic E-state index is 13.3. The SMILES string of the molecule is C=CC1=C(C)C2=NC1=CC1=NC(=CC3=C(C)C4=C(O)CC(=C5NC(=C2)[C@@H](C)[C@@H]5CCC(=O)NCCCCCCNC(=O)CCCCCCCCCC2=C(C)C(=O)C(OC)=C(OC)C2=O)C4=N3)C(CC)=C1C. The summed E-state index contributed by atoms with van der Waals surface area (Å²) in [5, 5.41) is 21.4. The Balaban J connectivity index is 0.824. The van der Waals surface area contributed by atoms with E-state index in [1.165, 1.54) is 19.8 Å². The van der Waals surface area contributed by atoms with E-state index in [9.17, 15) is 24.3 Å². The molecule has 7 aliphatic rings. The number of carbonyl (C=O) groups excluding carboxylic acids is 4. The average Bonchev–Trinajstić information content (AvgIpc) is 4.11. The van der Waals surface area contributed by atoms with Crippen LogP contribution >= 0.6 is 0 Å². The number of hydrogen-bond acceptors (Lipinski definition) is 11.